The molecule has 3 rings (SSSR count). The molecule has 6 nitrogen and oxygen atoms in total. The van der Waals surface area contributed by atoms with Gasteiger partial charge in [0.15, 0.2) is 0 Å². The summed E-state index contributed by atoms with van der Waals surface area (Å²) in [5, 5.41) is 0.696. The highest BCUT2D eigenvalue weighted by Gasteiger charge is 2.30. The Morgan fingerprint density at radius 3 is 2.46 bits per heavy atom. The average Bonchev–Trinajstić information content (AvgIpc) is 2.95. The van der Waals surface area contributed by atoms with Crippen LogP contribution in [0, 0.1) is 0 Å². The first-order valence-electron chi connectivity index (χ1n) is 9.06. The second kappa shape index (κ2) is 9.05. The van der Waals surface area contributed by atoms with E-state index in [2.05, 4.69) is 4.90 Å². The number of nitrogens with zero attached hydrogens (tertiary/aromatic N) is 2. The topological polar surface area (TPSA) is 66.9 Å². The molecule has 0 spiro atoms. The number of hydrogen-bond donors (Lipinski definition) is 0. The molecule has 1 aliphatic heterocycles. The van der Waals surface area contributed by atoms with Crippen LogP contribution in [0.25, 0.3) is 0 Å². The van der Waals surface area contributed by atoms with Gasteiger partial charge in [-0.25, -0.2) is 13.2 Å². The highest BCUT2D eigenvalue weighted by molar-refractivity contribution is 7.89. The van der Waals surface area contributed by atoms with Crippen molar-refractivity contribution in [3.05, 3.63) is 64.7 Å². The number of sulfonamides is 1. The maximum atomic E-state index is 13.2. The van der Waals surface area contributed by atoms with Crippen molar-refractivity contribution in [3.8, 4) is 0 Å². The van der Waals surface area contributed by atoms with E-state index in [0.29, 0.717) is 31.1 Å². The fourth-order valence-corrected chi connectivity index (χ4v) is 5.08. The first-order valence-corrected chi connectivity index (χ1v) is 10.9. The van der Waals surface area contributed by atoms with E-state index in [1.165, 1.54) is 23.5 Å². The third kappa shape index (κ3) is 4.72. The number of hydrogen-bond acceptors (Lipinski definition) is 5. The molecule has 150 valence electrons. The largest absolute Gasteiger partial charge is 0.465 e. The Morgan fingerprint density at radius 2 is 1.75 bits per heavy atom. The summed E-state index contributed by atoms with van der Waals surface area (Å²) < 4.78 is 32.5. The number of ether oxygens (including phenoxy) is 1. The number of carbonyl (C=O) groups excluding carboxylic acids is 1. The van der Waals surface area contributed by atoms with Gasteiger partial charge in [-0.2, -0.15) is 4.31 Å². The van der Waals surface area contributed by atoms with Gasteiger partial charge in [0, 0.05) is 31.2 Å². The van der Waals surface area contributed by atoms with E-state index < -0.39 is 16.0 Å². The predicted octanol–water partition coefficient (Wildman–Crippen LogP) is 3.02. The van der Waals surface area contributed by atoms with Gasteiger partial charge in [0.05, 0.1) is 17.6 Å². The third-order valence-corrected chi connectivity index (χ3v) is 6.99. The lowest BCUT2D eigenvalue weighted by molar-refractivity contribution is 0.0596. The van der Waals surface area contributed by atoms with Crippen LogP contribution in [0.2, 0.25) is 5.02 Å². The molecule has 1 saturated heterocycles. The maximum absolute atomic E-state index is 13.2. The molecule has 0 atom stereocenters. The lowest BCUT2D eigenvalue weighted by Crippen LogP contribution is -2.35. The summed E-state index contributed by atoms with van der Waals surface area (Å²) in [6.07, 6.45) is 0.715. The number of halogens is 1. The highest BCUT2D eigenvalue weighted by atomic mass is 35.5. The number of rotatable bonds is 5. The lowest BCUT2D eigenvalue weighted by atomic mass is 10.2. The van der Waals surface area contributed by atoms with E-state index in [0.717, 1.165) is 18.7 Å². The molecule has 0 radical (unpaired) electrons. The van der Waals surface area contributed by atoms with Crippen molar-refractivity contribution in [2.75, 3.05) is 33.3 Å². The Morgan fingerprint density at radius 1 is 1.04 bits per heavy atom. The van der Waals surface area contributed by atoms with Gasteiger partial charge in [0.2, 0.25) is 10.0 Å². The van der Waals surface area contributed by atoms with Gasteiger partial charge < -0.3 is 4.74 Å². The van der Waals surface area contributed by atoms with Crippen molar-refractivity contribution in [3.63, 3.8) is 0 Å². The molecule has 0 aliphatic carbocycles. The van der Waals surface area contributed by atoms with Gasteiger partial charge in [-0.3, -0.25) is 4.90 Å². The van der Waals surface area contributed by atoms with Gasteiger partial charge in [-0.05, 0) is 42.8 Å². The SMILES string of the molecule is COC(=O)c1ccccc1S(=O)(=O)N1CCCN(Cc2ccc(Cl)cc2)CC1. The summed E-state index contributed by atoms with van der Waals surface area (Å²) in [7, 11) is -2.54. The molecule has 0 saturated carbocycles. The summed E-state index contributed by atoms with van der Waals surface area (Å²) in [6.45, 7) is 2.93. The Kier molecular flexibility index (Phi) is 6.72. The summed E-state index contributed by atoms with van der Waals surface area (Å²) >= 11 is 5.93. The smallest absolute Gasteiger partial charge is 0.339 e. The monoisotopic (exact) mass is 422 g/mol. The third-order valence-electron chi connectivity index (χ3n) is 4.78. The van der Waals surface area contributed by atoms with E-state index in [4.69, 9.17) is 16.3 Å². The second-order valence-electron chi connectivity index (χ2n) is 6.65. The first kappa shape index (κ1) is 20.8. The van der Waals surface area contributed by atoms with Gasteiger partial charge >= 0.3 is 5.97 Å². The number of esters is 1. The van der Waals surface area contributed by atoms with Crippen molar-refractivity contribution in [2.45, 2.75) is 17.9 Å². The summed E-state index contributed by atoms with van der Waals surface area (Å²) in [6, 6.07) is 13.8. The Bertz CT molecular complexity index is 931. The quantitative estimate of drug-likeness (QED) is 0.693. The minimum atomic E-state index is -3.78. The zero-order chi connectivity index (χ0) is 20.1. The van der Waals surface area contributed by atoms with Crippen LogP contribution in [0.15, 0.2) is 53.4 Å². The van der Waals surface area contributed by atoms with E-state index >= 15 is 0 Å². The first-order chi connectivity index (χ1) is 13.4. The van der Waals surface area contributed by atoms with Crippen LogP contribution in [0.1, 0.15) is 22.3 Å². The zero-order valence-corrected chi connectivity index (χ0v) is 17.2. The maximum Gasteiger partial charge on any atom is 0.339 e. The van der Waals surface area contributed by atoms with Crippen LogP contribution in [-0.4, -0.2) is 56.9 Å². The van der Waals surface area contributed by atoms with E-state index in [1.807, 2.05) is 24.3 Å². The average molecular weight is 423 g/mol. The van der Waals surface area contributed by atoms with Crippen molar-refractivity contribution < 1.29 is 17.9 Å². The number of benzene rings is 2. The molecule has 2 aromatic rings. The second-order valence-corrected chi connectivity index (χ2v) is 8.99. The molecular weight excluding hydrogens is 400 g/mol. The van der Waals surface area contributed by atoms with Crippen LogP contribution >= 0.6 is 11.6 Å². The predicted molar refractivity (Wildman–Crippen MR) is 108 cm³/mol. The van der Waals surface area contributed by atoms with Crippen LogP contribution in [0.3, 0.4) is 0 Å². The Balaban J connectivity index is 1.74. The fraction of sp³-hybridized carbons (Fsp3) is 0.350. The van der Waals surface area contributed by atoms with E-state index in [9.17, 15) is 13.2 Å². The number of carbonyl (C=O) groups is 1. The van der Waals surface area contributed by atoms with Crippen LogP contribution < -0.4 is 0 Å². The van der Waals surface area contributed by atoms with E-state index in [1.54, 1.807) is 12.1 Å². The molecule has 0 amide bonds. The molecule has 1 heterocycles. The van der Waals surface area contributed by atoms with Crippen molar-refractivity contribution in [1.82, 2.24) is 9.21 Å². The van der Waals surface area contributed by atoms with Gasteiger partial charge in [0.1, 0.15) is 0 Å². The zero-order valence-electron chi connectivity index (χ0n) is 15.7. The van der Waals surface area contributed by atoms with Crippen LogP contribution in [0.4, 0.5) is 0 Å². The summed E-state index contributed by atoms with van der Waals surface area (Å²) in [5.74, 6) is -0.654. The highest BCUT2D eigenvalue weighted by Crippen LogP contribution is 2.23. The molecule has 0 aromatic heterocycles. The van der Waals surface area contributed by atoms with Gasteiger partial charge in [-0.1, -0.05) is 35.9 Å². The molecule has 0 N–H and O–H groups in total. The normalized spacial score (nSPS) is 16.5. The molecule has 0 bridgehead atoms. The minimum absolute atomic E-state index is 0.00648. The fourth-order valence-electron chi connectivity index (χ4n) is 3.30. The summed E-state index contributed by atoms with van der Waals surface area (Å²) in [4.78, 5) is 14.2. The van der Waals surface area contributed by atoms with Gasteiger partial charge in [-0.15, -0.1) is 0 Å². The molecular formula is C20H23ClN2O4S. The minimum Gasteiger partial charge on any atom is -0.465 e. The van der Waals surface area contributed by atoms with Gasteiger partial charge in [0.25, 0.3) is 0 Å². The van der Waals surface area contributed by atoms with Crippen LogP contribution in [0.5, 0.6) is 0 Å². The molecule has 0 unspecified atom stereocenters. The Hall–Kier alpha value is -1.93. The summed E-state index contributed by atoms with van der Waals surface area (Å²) in [5.41, 5.74) is 1.20. The molecule has 1 fully saturated rings. The van der Waals surface area contributed by atoms with Crippen molar-refractivity contribution >= 4 is 27.6 Å². The lowest BCUT2D eigenvalue weighted by Gasteiger charge is -2.22. The van der Waals surface area contributed by atoms with E-state index in [-0.39, 0.29) is 10.5 Å². The Labute approximate surface area is 170 Å². The molecule has 2 aromatic carbocycles. The standard InChI is InChI=1S/C20H23ClN2O4S/c1-27-20(24)18-5-2-3-6-19(18)28(25,26)23-12-4-11-22(13-14-23)15-16-7-9-17(21)10-8-16/h2-3,5-10H,4,11-15H2,1H3. The number of methoxy groups -OCH3 is 1. The molecule has 8 heteroatoms. The van der Waals surface area contributed by atoms with Crippen LogP contribution in [-0.2, 0) is 21.3 Å². The molecule has 1 aliphatic rings. The van der Waals surface area contributed by atoms with Crippen molar-refractivity contribution in [1.29, 1.82) is 0 Å². The van der Waals surface area contributed by atoms with Crippen molar-refractivity contribution in [2.24, 2.45) is 0 Å². The molecule has 28 heavy (non-hydrogen) atoms.